The van der Waals surface area contributed by atoms with Crippen LogP contribution in [0.25, 0.3) is 0 Å². The lowest BCUT2D eigenvalue weighted by Gasteiger charge is -2.44. The van der Waals surface area contributed by atoms with E-state index in [0.717, 1.165) is 12.8 Å². The molecule has 3 aliphatic rings. The summed E-state index contributed by atoms with van der Waals surface area (Å²) in [4.78, 5) is 13.2. The molecule has 3 fully saturated rings. The number of hydrogen-bond donors (Lipinski definition) is 5. The number of rotatable bonds is 7. The van der Waals surface area contributed by atoms with Gasteiger partial charge in [-0.05, 0) is 44.3 Å². The molecule has 180 valence electrons. The summed E-state index contributed by atoms with van der Waals surface area (Å²) in [6, 6.07) is -1.40. The Kier molecular flexibility index (Phi) is 9.26. The van der Waals surface area contributed by atoms with E-state index in [1.165, 1.54) is 11.8 Å². The fourth-order valence-corrected chi connectivity index (χ4v) is 5.77. The summed E-state index contributed by atoms with van der Waals surface area (Å²) in [5.74, 6) is 0.0449. The van der Waals surface area contributed by atoms with Crippen molar-refractivity contribution in [1.29, 1.82) is 0 Å². The first-order valence-corrected chi connectivity index (χ1v) is 12.6. The molecule has 11 heteroatoms. The largest absolute Gasteiger partial charge is 0.388 e. The molecule has 31 heavy (non-hydrogen) atoms. The number of nitrogens with one attached hydrogen (secondary N) is 2. The van der Waals surface area contributed by atoms with Gasteiger partial charge in [-0.25, -0.2) is 0 Å². The van der Waals surface area contributed by atoms with Crippen molar-refractivity contribution in [3.8, 4) is 0 Å². The zero-order valence-corrected chi connectivity index (χ0v) is 19.4. The van der Waals surface area contributed by atoms with Gasteiger partial charge in [0.2, 0.25) is 5.91 Å². The summed E-state index contributed by atoms with van der Waals surface area (Å²) < 4.78 is 24.6. The molecular weight excluding hydrogens is 451 g/mol. The molecule has 0 bridgehead atoms. The van der Waals surface area contributed by atoms with E-state index in [9.17, 15) is 24.5 Å². The molecule has 0 saturated carbocycles. The first kappa shape index (κ1) is 25.4. The second kappa shape index (κ2) is 11.3. The molecule has 3 rings (SSSR count). The number of aliphatic hydroxyl groups is 3. The minimum atomic E-state index is -1.42. The van der Waals surface area contributed by atoms with Gasteiger partial charge in [0.05, 0.1) is 24.2 Å². The molecule has 0 aromatic rings. The summed E-state index contributed by atoms with van der Waals surface area (Å²) in [5, 5.41) is 36.3. The van der Waals surface area contributed by atoms with Crippen LogP contribution in [-0.2, 0) is 14.3 Å². The maximum atomic E-state index is 13.2. The van der Waals surface area contributed by atoms with Crippen LogP contribution in [0.15, 0.2) is 0 Å². The molecule has 0 spiro atoms. The molecule has 0 aromatic heterocycles. The molecule has 0 aliphatic carbocycles. The summed E-state index contributed by atoms with van der Waals surface area (Å²) in [6.07, 6.45) is -1.57. The summed E-state index contributed by atoms with van der Waals surface area (Å²) in [6.45, 7) is 2.41. The molecule has 5 unspecified atom stereocenters. The standard InChI is InChI=1S/C20H34ClFN2O6S/c1-9(21)12(18-15(26)14(25)16(27)20(30-18)31-2)24-19(28)13-17-11(8-23-13)7-10(3-5-22)4-6-29-17/h9-18,20,23,25-27H,3-8H2,1-2H3,(H,24,28)/t9-,10+,11-,12+,13-,14?,15?,16?,17+,18?,20?/m0/s1. The molecule has 3 heterocycles. The molecule has 8 nitrogen and oxygen atoms in total. The Labute approximate surface area is 191 Å². The predicted molar refractivity (Wildman–Crippen MR) is 116 cm³/mol. The zero-order valence-electron chi connectivity index (χ0n) is 17.8. The van der Waals surface area contributed by atoms with Crippen LogP contribution in [0.1, 0.15) is 26.2 Å². The normalized spacial score (nSPS) is 43.0. The van der Waals surface area contributed by atoms with E-state index in [4.69, 9.17) is 21.1 Å². The molecular formula is C20H34ClFN2O6S. The third-order valence-electron chi connectivity index (χ3n) is 6.66. The number of ether oxygens (including phenoxy) is 2. The van der Waals surface area contributed by atoms with Gasteiger partial charge in [0, 0.05) is 13.2 Å². The highest BCUT2D eigenvalue weighted by molar-refractivity contribution is 7.99. The van der Waals surface area contributed by atoms with E-state index in [1.807, 2.05) is 0 Å². The first-order chi connectivity index (χ1) is 14.8. The fraction of sp³-hybridized carbons (Fsp3) is 0.950. The zero-order chi connectivity index (χ0) is 22.7. The number of halogens is 2. The van der Waals surface area contributed by atoms with Crippen molar-refractivity contribution in [1.82, 2.24) is 10.6 Å². The second-order valence-electron chi connectivity index (χ2n) is 8.74. The average molecular weight is 485 g/mol. The lowest BCUT2D eigenvalue weighted by atomic mass is 9.88. The number of carbonyl (C=O) groups excluding carboxylic acids is 1. The monoisotopic (exact) mass is 484 g/mol. The fourth-order valence-electron chi connectivity index (χ4n) is 4.89. The lowest BCUT2D eigenvalue weighted by Crippen LogP contribution is -2.65. The third-order valence-corrected chi connectivity index (χ3v) is 7.79. The van der Waals surface area contributed by atoms with E-state index in [-0.39, 0.29) is 30.5 Å². The van der Waals surface area contributed by atoms with Gasteiger partial charge in [-0.2, -0.15) is 0 Å². The van der Waals surface area contributed by atoms with Gasteiger partial charge in [-0.1, -0.05) is 0 Å². The van der Waals surface area contributed by atoms with Crippen molar-refractivity contribution in [2.75, 3.05) is 26.1 Å². The number of fused-ring (bicyclic) bond motifs is 1. The van der Waals surface area contributed by atoms with Crippen LogP contribution >= 0.6 is 23.4 Å². The maximum absolute atomic E-state index is 13.2. The Morgan fingerprint density at radius 3 is 2.71 bits per heavy atom. The number of carbonyl (C=O) groups is 1. The van der Waals surface area contributed by atoms with E-state index >= 15 is 0 Å². The average Bonchev–Trinajstić information content (AvgIpc) is 3.02. The van der Waals surface area contributed by atoms with Gasteiger partial charge in [-0.15, -0.1) is 23.4 Å². The van der Waals surface area contributed by atoms with Crippen LogP contribution in [0.3, 0.4) is 0 Å². The van der Waals surface area contributed by atoms with Gasteiger partial charge in [0.1, 0.15) is 35.9 Å². The van der Waals surface area contributed by atoms with Crippen LogP contribution in [0.4, 0.5) is 4.39 Å². The van der Waals surface area contributed by atoms with Gasteiger partial charge in [0.25, 0.3) is 0 Å². The molecule has 0 radical (unpaired) electrons. The molecule has 5 N–H and O–H groups in total. The molecule has 3 saturated heterocycles. The number of alkyl halides is 2. The number of aliphatic hydroxyl groups excluding tert-OH is 3. The molecule has 1 amide bonds. The van der Waals surface area contributed by atoms with Crippen LogP contribution in [0, 0.1) is 11.8 Å². The van der Waals surface area contributed by atoms with E-state index in [1.54, 1.807) is 13.2 Å². The van der Waals surface area contributed by atoms with Crippen molar-refractivity contribution >= 4 is 29.3 Å². The predicted octanol–water partition coefficient (Wildman–Crippen LogP) is 0.0119. The van der Waals surface area contributed by atoms with Gasteiger partial charge in [-0.3, -0.25) is 9.18 Å². The quantitative estimate of drug-likeness (QED) is 0.321. The Morgan fingerprint density at radius 2 is 2.06 bits per heavy atom. The lowest BCUT2D eigenvalue weighted by molar-refractivity contribution is -0.205. The molecule has 11 atom stereocenters. The van der Waals surface area contributed by atoms with Gasteiger partial charge < -0.3 is 35.4 Å². The van der Waals surface area contributed by atoms with Crippen LogP contribution < -0.4 is 10.6 Å². The Balaban J connectivity index is 1.68. The van der Waals surface area contributed by atoms with Crippen molar-refractivity contribution in [2.24, 2.45) is 11.8 Å². The summed E-state index contributed by atoms with van der Waals surface area (Å²) in [7, 11) is 0. The Bertz CT molecular complexity index is 606. The van der Waals surface area contributed by atoms with Gasteiger partial charge >= 0.3 is 0 Å². The number of hydrogen-bond acceptors (Lipinski definition) is 8. The van der Waals surface area contributed by atoms with Crippen molar-refractivity contribution in [3.05, 3.63) is 0 Å². The highest BCUT2D eigenvalue weighted by Crippen LogP contribution is 2.33. The summed E-state index contributed by atoms with van der Waals surface area (Å²) >= 11 is 7.54. The third kappa shape index (κ3) is 5.66. The first-order valence-electron chi connectivity index (χ1n) is 10.9. The van der Waals surface area contributed by atoms with E-state index in [2.05, 4.69) is 10.6 Å². The van der Waals surface area contributed by atoms with Crippen molar-refractivity contribution in [2.45, 2.75) is 79.6 Å². The van der Waals surface area contributed by atoms with Crippen molar-refractivity contribution in [3.63, 3.8) is 0 Å². The SMILES string of the molecule is CSC1OC([C@H](NC(=O)[C@H]2NC[C@@H]3C[C@H](CCF)CCO[C@H]32)[C@H](C)Cl)C(O)C(O)C1O. The topological polar surface area (TPSA) is 120 Å². The second-order valence-corrected chi connectivity index (χ2v) is 10.4. The molecule has 3 aliphatic heterocycles. The number of amides is 1. The molecule has 0 aromatic carbocycles. The van der Waals surface area contributed by atoms with Crippen LogP contribution in [0.5, 0.6) is 0 Å². The van der Waals surface area contributed by atoms with Crippen LogP contribution in [-0.4, -0.2) is 101 Å². The van der Waals surface area contributed by atoms with Crippen molar-refractivity contribution < 1.29 is 34.0 Å². The minimum absolute atomic E-state index is 0.121. The Morgan fingerprint density at radius 1 is 1.32 bits per heavy atom. The highest BCUT2D eigenvalue weighted by Gasteiger charge is 2.49. The Hall–Kier alpha value is -0.200. The van der Waals surface area contributed by atoms with E-state index < -0.39 is 47.3 Å². The van der Waals surface area contributed by atoms with E-state index in [0.29, 0.717) is 19.6 Å². The van der Waals surface area contributed by atoms with Gasteiger partial charge in [0.15, 0.2) is 0 Å². The maximum Gasteiger partial charge on any atom is 0.240 e. The smallest absolute Gasteiger partial charge is 0.240 e. The summed E-state index contributed by atoms with van der Waals surface area (Å²) in [5.41, 5.74) is -0.759. The highest BCUT2D eigenvalue weighted by atomic mass is 35.5. The minimum Gasteiger partial charge on any atom is -0.388 e. The van der Waals surface area contributed by atoms with Crippen LogP contribution in [0.2, 0.25) is 0 Å². The number of thioether (sulfide) groups is 1.